The van der Waals surface area contributed by atoms with Gasteiger partial charge in [-0.25, -0.2) is 9.78 Å². The Morgan fingerprint density at radius 1 is 1.35 bits per heavy atom. The minimum atomic E-state index is -0.837. The third kappa shape index (κ3) is 2.36. The van der Waals surface area contributed by atoms with E-state index in [2.05, 4.69) is 36.2 Å². The lowest BCUT2D eigenvalue weighted by Gasteiger charge is -2.25. The summed E-state index contributed by atoms with van der Waals surface area (Å²) >= 11 is 1.29. The molecule has 118 valence electrons. The van der Waals surface area contributed by atoms with Crippen molar-refractivity contribution in [2.45, 2.75) is 38.5 Å². The lowest BCUT2D eigenvalue weighted by atomic mass is 9.82. The van der Waals surface area contributed by atoms with E-state index in [1.807, 2.05) is 10.6 Å². The molecule has 1 saturated carbocycles. The number of hydrogen-bond acceptors (Lipinski definition) is 3. The number of carboxylic acid groups (broad SMARTS) is 1. The number of aryl methyl sites for hydroxylation is 1. The molecule has 23 heavy (non-hydrogen) atoms. The van der Waals surface area contributed by atoms with Gasteiger partial charge in [0.05, 0.1) is 11.4 Å². The van der Waals surface area contributed by atoms with Crippen molar-refractivity contribution in [2.24, 2.45) is 0 Å². The van der Waals surface area contributed by atoms with Gasteiger partial charge in [-0.1, -0.05) is 48.9 Å². The van der Waals surface area contributed by atoms with Gasteiger partial charge in [0.25, 0.3) is 0 Å². The van der Waals surface area contributed by atoms with Crippen molar-refractivity contribution in [3.63, 3.8) is 0 Å². The second kappa shape index (κ2) is 5.49. The first-order valence-electron chi connectivity index (χ1n) is 8.01. The number of imidazole rings is 1. The first-order valence-corrected chi connectivity index (χ1v) is 8.83. The van der Waals surface area contributed by atoms with Crippen LogP contribution in [0.5, 0.6) is 0 Å². The number of rotatable bonds is 4. The molecule has 1 aliphatic carbocycles. The largest absolute Gasteiger partial charge is 0.477 e. The van der Waals surface area contributed by atoms with Gasteiger partial charge in [0.1, 0.15) is 4.88 Å². The van der Waals surface area contributed by atoms with Gasteiger partial charge in [-0.05, 0) is 24.8 Å². The van der Waals surface area contributed by atoms with E-state index in [9.17, 15) is 9.90 Å². The number of carboxylic acids is 1. The van der Waals surface area contributed by atoms with Crippen LogP contribution in [0.1, 0.15) is 53.0 Å². The van der Waals surface area contributed by atoms with Crippen LogP contribution >= 0.6 is 11.3 Å². The molecule has 0 atom stereocenters. The number of fused-ring (bicyclic) bond motifs is 1. The number of carbonyl (C=O) groups is 1. The second-order valence-corrected chi connectivity index (χ2v) is 7.06. The summed E-state index contributed by atoms with van der Waals surface area (Å²) in [5.74, 6) is -0.476. The molecular formula is C18H18N2O2S. The van der Waals surface area contributed by atoms with E-state index in [-0.39, 0.29) is 0 Å². The van der Waals surface area contributed by atoms with Crippen LogP contribution < -0.4 is 0 Å². The van der Waals surface area contributed by atoms with E-state index in [1.165, 1.54) is 23.3 Å². The molecule has 1 fully saturated rings. The number of benzene rings is 1. The summed E-state index contributed by atoms with van der Waals surface area (Å²) in [5, 5.41) is 9.47. The fourth-order valence-corrected chi connectivity index (χ4v) is 4.16. The van der Waals surface area contributed by atoms with Crippen molar-refractivity contribution in [3.05, 3.63) is 46.6 Å². The van der Waals surface area contributed by atoms with Gasteiger partial charge < -0.3 is 5.11 Å². The van der Waals surface area contributed by atoms with Crippen molar-refractivity contribution in [2.75, 3.05) is 0 Å². The number of aromatic carboxylic acids is 1. The summed E-state index contributed by atoms with van der Waals surface area (Å²) in [6, 6.07) is 8.43. The van der Waals surface area contributed by atoms with Crippen LogP contribution in [0.3, 0.4) is 0 Å². The van der Waals surface area contributed by atoms with Crippen LogP contribution in [-0.2, 0) is 6.42 Å². The van der Waals surface area contributed by atoms with Crippen LogP contribution in [0.25, 0.3) is 16.2 Å². The molecule has 0 radical (unpaired) electrons. The smallest absolute Gasteiger partial charge is 0.347 e. The predicted octanol–water partition coefficient (Wildman–Crippen LogP) is 4.59. The summed E-state index contributed by atoms with van der Waals surface area (Å²) in [6.45, 7) is 2.14. The van der Waals surface area contributed by atoms with Crippen LogP contribution in [0.15, 0.2) is 30.5 Å². The predicted molar refractivity (Wildman–Crippen MR) is 91.4 cm³/mol. The van der Waals surface area contributed by atoms with E-state index in [1.54, 1.807) is 0 Å². The zero-order valence-electron chi connectivity index (χ0n) is 13.0. The number of nitrogens with zero attached hydrogens (tertiary/aromatic N) is 2. The number of thiazole rings is 1. The number of aromatic nitrogens is 2. The highest BCUT2D eigenvalue weighted by molar-refractivity contribution is 7.19. The third-order valence-corrected chi connectivity index (χ3v) is 5.76. The number of hydrogen-bond donors (Lipinski definition) is 1. The fraction of sp³-hybridized carbons (Fsp3) is 0.333. The van der Waals surface area contributed by atoms with Crippen molar-refractivity contribution in [3.8, 4) is 11.3 Å². The van der Waals surface area contributed by atoms with Crippen molar-refractivity contribution >= 4 is 22.3 Å². The third-order valence-electron chi connectivity index (χ3n) is 4.70. The Labute approximate surface area is 138 Å². The molecule has 1 aliphatic rings. The Bertz CT molecular complexity index is 872. The Morgan fingerprint density at radius 2 is 2.09 bits per heavy atom. The van der Waals surface area contributed by atoms with Gasteiger partial charge >= 0.3 is 5.97 Å². The van der Waals surface area contributed by atoms with Gasteiger partial charge in [-0.3, -0.25) is 4.40 Å². The average Bonchev–Trinajstić information content (AvgIpc) is 3.05. The summed E-state index contributed by atoms with van der Waals surface area (Å²) in [7, 11) is 0. The van der Waals surface area contributed by atoms with Crippen LogP contribution in [0.2, 0.25) is 0 Å². The minimum Gasteiger partial charge on any atom is -0.477 e. The molecule has 0 unspecified atom stereocenters. The summed E-state index contributed by atoms with van der Waals surface area (Å²) in [4.78, 5) is 17.4. The normalized spacial score (nSPS) is 15.0. The van der Waals surface area contributed by atoms with Crippen LogP contribution in [-0.4, -0.2) is 20.5 Å². The Morgan fingerprint density at radius 3 is 2.65 bits per heavy atom. The molecule has 1 aromatic carbocycles. The molecule has 5 heteroatoms. The topological polar surface area (TPSA) is 54.6 Å². The van der Waals surface area contributed by atoms with Gasteiger partial charge in [0.15, 0.2) is 4.96 Å². The first kappa shape index (κ1) is 14.5. The molecule has 3 aromatic rings. The van der Waals surface area contributed by atoms with Gasteiger partial charge in [-0.15, -0.1) is 0 Å². The van der Waals surface area contributed by atoms with Crippen molar-refractivity contribution < 1.29 is 9.90 Å². The second-order valence-electron chi connectivity index (χ2n) is 6.08. The Balaban J connectivity index is 1.81. The maximum Gasteiger partial charge on any atom is 0.347 e. The van der Waals surface area contributed by atoms with E-state index in [0.717, 1.165) is 41.2 Å². The molecule has 0 saturated heterocycles. The molecule has 4 nitrogen and oxygen atoms in total. The summed E-state index contributed by atoms with van der Waals surface area (Å²) in [5.41, 5.74) is 4.23. The van der Waals surface area contributed by atoms with Gasteiger partial charge in [-0.2, -0.15) is 0 Å². The highest BCUT2D eigenvalue weighted by Gasteiger charge is 2.30. The highest BCUT2D eigenvalue weighted by atomic mass is 32.1. The molecule has 0 bridgehead atoms. The molecule has 2 aromatic heterocycles. The van der Waals surface area contributed by atoms with Crippen LogP contribution in [0, 0.1) is 0 Å². The monoisotopic (exact) mass is 326 g/mol. The minimum absolute atomic E-state index is 0.361. The quantitative estimate of drug-likeness (QED) is 0.763. The Kier molecular flexibility index (Phi) is 3.45. The van der Waals surface area contributed by atoms with Gasteiger partial charge in [0.2, 0.25) is 0 Å². The zero-order valence-corrected chi connectivity index (χ0v) is 13.8. The van der Waals surface area contributed by atoms with Crippen molar-refractivity contribution in [1.82, 2.24) is 9.38 Å². The maximum atomic E-state index is 11.5. The lowest BCUT2D eigenvalue weighted by molar-refractivity contribution is 0.0699. The van der Waals surface area contributed by atoms with Gasteiger partial charge in [0, 0.05) is 17.7 Å². The first-order chi connectivity index (χ1) is 11.2. The summed E-state index contributed by atoms with van der Waals surface area (Å²) < 4.78 is 2.00. The molecule has 4 rings (SSSR count). The molecule has 0 amide bonds. The Hall–Kier alpha value is -2.14. The standard InChI is InChI=1S/C18H18N2O2S/c1-2-11-6-8-12(9-7-11)14-10-20-15(13-4-3-5-13)16(17(21)22)23-18(20)19-14/h6-10,13H,2-5H2,1H3,(H,21,22). The zero-order chi connectivity index (χ0) is 16.0. The lowest BCUT2D eigenvalue weighted by Crippen LogP contribution is -2.14. The van der Waals surface area contributed by atoms with E-state index >= 15 is 0 Å². The summed E-state index contributed by atoms with van der Waals surface area (Å²) in [6.07, 6.45) is 6.34. The van der Waals surface area contributed by atoms with E-state index in [0.29, 0.717) is 10.8 Å². The van der Waals surface area contributed by atoms with E-state index in [4.69, 9.17) is 0 Å². The van der Waals surface area contributed by atoms with E-state index < -0.39 is 5.97 Å². The fourth-order valence-electron chi connectivity index (χ4n) is 3.13. The molecule has 2 heterocycles. The average molecular weight is 326 g/mol. The van der Waals surface area contributed by atoms with Crippen LogP contribution in [0.4, 0.5) is 0 Å². The molecular weight excluding hydrogens is 308 g/mol. The highest BCUT2D eigenvalue weighted by Crippen LogP contribution is 2.41. The maximum absolute atomic E-state index is 11.5. The van der Waals surface area contributed by atoms with Crippen molar-refractivity contribution in [1.29, 1.82) is 0 Å². The molecule has 0 spiro atoms. The SMILES string of the molecule is CCc1ccc(-c2cn3c(C4CCC4)c(C(=O)O)sc3n2)cc1. The molecule has 1 N–H and O–H groups in total. The molecule has 0 aliphatic heterocycles.